The van der Waals surface area contributed by atoms with Crippen LogP contribution in [-0.2, 0) is 0 Å². The number of carbonyl (C=O) groups excluding carboxylic acids is 1. The number of halogens is 2. The molecule has 5 heteroatoms. The van der Waals surface area contributed by atoms with Gasteiger partial charge in [-0.05, 0) is 43.3 Å². The zero-order valence-electron chi connectivity index (χ0n) is 10.7. The molecule has 2 nitrogen and oxygen atoms in total. The van der Waals surface area contributed by atoms with Crippen molar-refractivity contribution < 1.29 is 18.3 Å². The molecule has 0 unspecified atom stereocenters. The number of ether oxygens (including phenoxy) is 1. The van der Waals surface area contributed by atoms with Gasteiger partial charge in [0.25, 0.3) is 0 Å². The van der Waals surface area contributed by atoms with Gasteiger partial charge in [-0.1, -0.05) is 12.1 Å². The van der Waals surface area contributed by atoms with E-state index in [0.29, 0.717) is 5.56 Å². The second-order valence-electron chi connectivity index (χ2n) is 4.05. The summed E-state index contributed by atoms with van der Waals surface area (Å²) in [5.74, 6) is -0.276. The van der Waals surface area contributed by atoms with E-state index in [9.17, 15) is 13.6 Å². The standard InChI is InChI=1S/C15H12F2O2S/c1-10-5-6-13(20-10)7-8-14(18)11-3-2-4-12(9-11)19-15(16)17/h2-9,15H,1H3/b8-7+. The number of ketones is 1. The second kappa shape index (κ2) is 6.43. The van der Waals surface area contributed by atoms with Crippen molar-refractivity contribution in [2.75, 3.05) is 0 Å². The normalized spacial score (nSPS) is 11.2. The smallest absolute Gasteiger partial charge is 0.387 e. The molecule has 2 rings (SSSR count). The highest BCUT2D eigenvalue weighted by Gasteiger charge is 2.07. The molecular weight excluding hydrogens is 282 g/mol. The summed E-state index contributed by atoms with van der Waals surface area (Å²) >= 11 is 1.57. The molecule has 0 fully saturated rings. The van der Waals surface area contributed by atoms with Crippen molar-refractivity contribution >= 4 is 23.2 Å². The SMILES string of the molecule is Cc1ccc(/C=C/C(=O)c2cccc(OC(F)F)c2)s1. The molecule has 104 valence electrons. The van der Waals surface area contributed by atoms with E-state index in [2.05, 4.69) is 4.74 Å². The molecule has 0 saturated carbocycles. The Labute approximate surface area is 119 Å². The monoisotopic (exact) mass is 294 g/mol. The predicted molar refractivity (Wildman–Crippen MR) is 75.5 cm³/mol. The van der Waals surface area contributed by atoms with Crippen LogP contribution in [-0.4, -0.2) is 12.4 Å². The number of benzene rings is 1. The van der Waals surface area contributed by atoms with Crippen LogP contribution in [0.15, 0.2) is 42.5 Å². The third kappa shape index (κ3) is 3.99. The number of hydrogen-bond donors (Lipinski definition) is 0. The third-order valence-corrected chi connectivity index (χ3v) is 3.47. The Morgan fingerprint density at radius 1 is 1.30 bits per heavy atom. The molecule has 0 atom stereocenters. The number of aryl methyl sites for hydroxylation is 1. The van der Waals surface area contributed by atoms with Gasteiger partial charge in [0.2, 0.25) is 0 Å². The van der Waals surface area contributed by atoms with Gasteiger partial charge in [0.1, 0.15) is 5.75 Å². The predicted octanol–water partition coefficient (Wildman–Crippen LogP) is 4.55. The summed E-state index contributed by atoms with van der Waals surface area (Å²) < 4.78 is 28.5. The van der Waals surface area contributed by atoms with Crippen LogP contribution in [0.4, 0.5) is 8.78 Å². The Kier molecular flexibility index (Phi) is 4.63. The summed E-state index contributed by atoms with van der Waals surface area (Å²) in [7, 11) is 0. The van der Waals surface area contributed by atoms with Crippen molar-refractivity contribution in [2.45, 2.75) is 13.5 Å². The third-order valence-electron chi connectivity index (χ3n) is 2.50. The van der Waals surface area contributed by atoms with E-state index in [-0.39, 0.29) is 11.5 Å². The Morgan fingerprint density at radius 2 is 2.10 bits per heavy atom. The minimum absolute atomic E-state index is 0.0220. The number of allylic oxidation sites excluding steroid dienone is 1. The van der Waals surface area contributed by atoms with Crippen LogP contribution >= 0.6 is 11.3 Å². The lowest BCUT2D eigenvalue weighted by Gasteiger charge is -2.04. The van der Waals surface area contributed by atoms with Gasteiger partial charge in [-0.2, -0.15) is 8.78 Å². The average molecular weight is 294 g/mol. The highest BCUT2D eigenvalue weighted by Crippen LogP contribution is 2.19. The maximum Gasteiger partial charge on any atom is 0.387 e. The molecule has 1 aromatic carbocycles. The Balaban J connectivity index is 2.10. The molecule has 0 N–H and O–H groups in total. The molecule has 0 aliphatic rings. The summed E-state index contributed by atoms with van der Waals surface area (Å²) in [6.07, 6.45) is 3.13. The molecular formula is C15H12F2O2S. The summed E-state index contributed by atoms with van der Waals surface area (Å²) in [6.45, 7) is -0.917. The number of alkyl halides is 2. The van der Waals surface area contributed by atoms with Crippen LogP contribution in [0.25, 0.3) is 6.08 Å². The zero-order valence-corrected chi connectivity index (χ0v) is 11.5. The lowest BCUT2D eigenvalue weighted by Crippen LogP contribution is -2.03. The number of rotatable bonds is 5. The van der Waals surface area contributed by atoms with Crippen molar-refractivity contribution in [3.8, 4) is 5.75 Å². The average Bonchev–Trinajstić information content (AvgIpc) is 2.81. The van der Waals surface area contributed by atoms with E-state index in [1.54, 1.807) is 23.5 Å². The molecule has 1 aromatic heterocycles. The van der Waals surface area contributed by atoms with Gasteiger partial charge >= 0.3 is 6.61 Å². The van der Waals surface area contributed by atoms with Crippen LogP contribution in [0.1, 0.15) is 20.1 Å². The maximum absolute atomic E-state index is 12.1. The fraction of sp³-hybridized carbons (Fsp3) is 0.133. The van der Waals surface area contributed by atoms with E-state index in [1.807, 2.05) is 19.1 Å². The van der Waals surface area contributed by atoms with E-state index in [1.165, 1.54) is 24.3 Å². The topological polar surface area (TPSA) is 26.3 Å². The van der Waals surface area contributed by atoms with Crippen molar-refractivity contribution in [3.63, 3.8) is 0 Å². The van der Waals surface area contributed by atoms with Gasteiger partial charge in [-0.15, -0.1) is 11.3 Å². The van der Waals surface area contributed by atoms with Gasteiger partial charge in [0, 0.05) is 15.3 Å². The first kappa shape index (κ1) is 14.4. The maximum atomic E-state index is 12.1. The molecule has 0 aliphatic carbocycles. The van der Waals surface area contributed by atoms with Gasteiger partial charge in [-0.25, -0.2) is 0 Å². The van der Waals surface area contributed by atoms with Crippen molar-refractivity contribution in [1.29, 1.82) is 0 Å². The quantitative estimate of drug-likeness (QED) is 0.597. The Bertz CT molecular complexity index is 632. The number of thiophene rings is 1. The van der Waals surface area contributed by atoms with Crippen LogP contribution in [0.2, 0.25) is 0 Å². The molecule has 1 heterocycles. The molecule has 0 amide bonds. The fourth-order valence-corrected chi connectivity index (χ4v) is 2.40. The summed E-state index contributed by atoms with van der Waals surface area (Å²) in [4.78, 5) is 14.1. The van der Waals surface area contributed by atoms with Crippen LogP contribution in [0, 0.1) is 6.92 Å². The van der Waals surface area contributed by atoms with Crippen LogP contribution < -0.4 is 4.74 Å². The van der Waals surface area contributed by atoms with Crippen LogP contribution in [0.3, 0.4) is 0 Å². The van der Waals surface area contributed by atoms with Gasteiger partial charge in [0.05, 0.1) is 0 Å². The van der Waals surface area contributed by atoms with Gasteiger partial charge in [-0.3, -0.25) is 4.79 Å². The summed E-state index contributed by atoms with van der Waals surface area (Å²) in [5, 5.41) is 0. The molecule has 0 spiro atoms. The number of hydrogen-bond acceptors (Lipinski definition) is 3. The van der Waals surface area contributed by atoms with E-state index in [0.717, 1.165) is 9.75 Å². The highest BCUT2D eigenvalue weighted by molar-refractivity contribution is 7.12. The lowest BCUT2D eigenvalue weighted by molar-refractivity contribution is -0.0498. The second-order valence-corrected chi connectivity index (χ2v) is 5.37. The molecule has 0 saturated heterocycles. The van der Waals surface area contributed by atoms with Crippen molar-refractivity contribution in [3.05, 3.63) is 57.8 Å². The van der Waals surface area contributed by atoms with Gasteiger partial charge in [0.15, 0.2) is 5.78 Å². The first-order valence-corrected chi connectivity index (χ1v) is 6.70. The lowest BCUT2D eigenvalue weighted by atomic mass is 10.1. The molecule has 2 aromatic rings. The van der Waals surface area contributed by atoms with E-state index in [4.69, 9.17) is 0 Å². The minimum atomic E-state index is -2.90. The van der Waals surface area contributed by atoms with Crippen LogP contribution in [0.5, 0.6) is 5.75 Å². The van der Waals surface area contributed by atoms with Crippen molar-refractivity contribution in [1.82, 2.24) is 0 Å². The molecule has 20 heavy (non-hydrogen) atoms. The largest absolute Gasteiger partial charge is 0.435 e. The van der Waals surface area contributed by atoms with E-state index < -0.39 is 6.61 Å². The Hall–Kier alpha value is -2.01. The minimum Gasteiger partial charge on any atom is -0.435 e. The fourth-order valence-electron chi connectivity index (χ4n) is 1.62. The van der Waals surface area contributed by atoms with Gasteiger partial charge < -0.3 is 4.74 Å². The highest BCUT2D eigenvalue weighted by atomic mass is 32.1. The number of carbonyl (C=O) groups is 1. The summed E-state index contributed by atoms with van der Waals surface area (Å²) in [6, 6.07) is 9.64. The first-order valence-electron chi connectivity index (χ1n) is 5.88. The summed E-state index contributed by atoms with van der Waals surface area (Å²) in [5.41, 5.74) is 0.313. The molecule has 0 aliphatic heterocycles. The molecule has 0 radical (unpaired) electrons. The molecule has 0 bridgehead atoms. The van der Waals surface area contributed by atoms with Crippen molar-refractivity contribution in [2.24, 2.45) is 0 Å². The zero-order chi connectivity index (χ0) is 14.5. The first-order chi connectivity index (χ1) is 9.54. The Morgan fingerprint density at radius 3 is 2.75 bits per heavy atom. The van der Waals surface area contributed by atoms with E-state index >= 15 is 0 Å².